The minimum atomic E-state index is -2.49. The predicted molar refractivity (Wildman–Crippen MR) is 44.7 cm³/mol. The lowest BCUT2D eigenvalue weighted by Gasteiger charge is -1.94. The number of halogens is 1. The molecule has 1 aromatic rings. The molecule has 1 aliphatic heterocycles. The molecule has 0 saturated heterocycles. The van der Waals surface area contributed by atoms with Gasteiger partial charge in [0, 0.05) is 0 Å². The summed E-state index contributed by atoms with van der Waals surface area (Å²) in [7, 11) is -2.49. The van der Waals surface area contributed by atoms with Crippen LogP contribution in [-0.4, -0.2) is 4.21 Å². The summed E-state index contributed by atoms with van der Waals surface area (Å²) < 4.78 is 31.3. The van der Waals surface area contributed by atoms with Gasteiger partial charge >= 0.3 is 0 Å². The normalized spacial score (nSPS) is 27.1. The Labute approximate surface area is 70.4 Å². The maximum Gasteiger partial charge on any atom is 0.123 e. The van der Waals surface area contributed by atoms with Gasteiger partial charge in [-0.05, 0) is 23.3 Å². The molecule has 0 fully saturated rings. The largest absolute Gasteiger partial charge is 0.252 e. The second-order valence-electron chi connectivity index (χ2n) is 3.01. The van der Waals surface area contributed by atoms with Gasteiger partial charge in [0.25, 0.3) is 0 Å². The second-order valence-corrected chi connectivity index (χ2v) is 5.21. The van der Waals surface area contributed by atoms with E-state index in [-0.39, 0.29) is 17.3 Å². The van der Waals surface area contributed by atoms with E-state index in [1.54, 1.807) is 6.07 Å². The maximum absolute atomic E-state index is 12.7. The van der Waals surface area contributed by atoms with E-state index in [1.807, 2.05) is 0 Å². The van der Waals surface area contributed by atoms with Gasteiger partial charge in [0.2, 0.25) is 0 Å². The lowest BCUT2D eigenvalue weighted by atomic mass is 10.1. The molecular formula is C8H8FNOS. The summed E-state index contributed by atoms with van der Waals surface area (Å²) in [5.41, 5.74) is 1.59. The van der Waals surface area contributed by atoms with Crippen molar-refractivity contribution < 1.29 is 8.60 Å². The summed E-state index contributed by atoms with van der Waals surface area (Å²) in [5, 5.41) is 0. The predicted octanol–water partition coefficient (Wildman–Crippen LogP) is 1.89. The molecule has 64 valence electrons. The Morgan fingerprint density at radius 1 is 1.33 bits per heavy atom. The van der Waals surface area contributed by atoms with Crippen LogP contribution < -0.4 is 0 Å². The molecule has 1 atom stereocenters. The van der Waals surface area contributed by atoms with Crippen LogP contribution in [0.5, 0.6) is 0 Å². The highest BCUT2D eigenvalue weighted by Crippen LogP contribution is 2.25. The third kappa shape index (κ3) is 1.22. The Balaban J connectivity index is 2.56. The molecule has 1 heterocycles. The Bertz CT molecular complexity index is 425. The van der Waals surface area contributed by atoms with Crippen molar-refractivity contribution in [1.82, 2.24) is 0 Å². The smallest absolute Gasteiger partial charge is 0.123 e. The van der Waals surface area contributed by atoms with Gasteiger partial charge in [-0.2, -0.15) is 0 Å². The van der Waals surface area contributed by atoms with E-state index in [9.17, 15) is 8.60 Å². The molecule has 4 heteroatoms. The van der Waals surface area contributed by atoms with Crippen LogP contribution in [0, 0.1) is 10.6 Å². The number of rotatable bonds is 0. The molecule has 1 unspecified atom stereocenters. The van der Waals surface area contributed by atoms with Gasteiger partial charge < -0.3 is 0 Å². The minimum Gasteiger partial charge on any atom is -0.252 e. The van der Waals surface area contributed by atoms with Gasteiger partial charge in [-0.3, -0.25) is 4.78 Å². The number of hydrogen-bond acceptors (Lipinski definition) is 2. The standard InChI is InChI=1S/C8H8FNOS/c9-8-2-1-6-4-12(10,11)5-7(6)3-8/h1-3,10H,4-5H2. The van der Waals surface area contributed by atoms with Crippen molar-refractivity contribution in [2.45, 2.75) is 11.5 Å². The third-order valence-corrected chi connectivity index (χ3v) is 3.50. The average molecular weight is 185 g/mol. The molecule has 1 aliphatic rings. The second kappa shape index (κ2) is 2.29. The van der Waals surface area contributed by atoms with Crippen LogP contribution in [0.3, 0.4) is 0 Å². The molecule has 1 aromatic carbocycles. The molecule has 0 amide bonds. The quantitative estimate of drug-likeness (QED) is 0.658. The van der Waals surface area contributed by atoms with E-state index in [2.05, 4.69) is 0 Å². The molecule has 0 aliphatic carbocycles. The summed E-state index contributed by atoms with van der Waals surface area (Å²) >= 11 is 0. The van der Waals surface area contributed by atoms with E-state index in [1.165, 1.54) is 12.1 Å². The van der Waals surface area contributed by atoms with Crippen LogP contribution in [0.25, 0.3) is 0 Å². The Hall–Kier alpha value is -0.900. The molecule has 12 heavy (non-hydrogen) atoms. The summed E-state index contributed by atoms with van der Waals surface area (Å²) in [6.07, 6.45) is 0. The van der Waals surface area contributed by atoms with Crippen molar-refractivity contribution in [3.8, 4) is 0 Å². The molecular weight excluding hydrogens is 177 g/mol. The van der Waals surface area contributed by atoms with Crippen LogP contribution in [-0.2, 0) is 21.2 Å². The van der Waals surface area contributed by atoms with Crippen molar-refractivity contribution in [1.29, 1.82) is 4.78 Å². The zero-order valence-electron chi connectivity index (χ0n) is 6.34. The molecule has 0 aromatic heterocycles. The molecule has 1 N–H and O–H groups in total. The highest BCUT2D eigenvalue weighted by atomic mass is 32.2. The highest BCUT2D eigenvalue weighted by molar-refractivity contribution is 7.91. The van der Waals surface area contributed by atoms with Crippen LogP contribution in [0.1, 0.15) is 11.1 Å². The van der Waals surface area contributed by atoms with Crippen molar-refractivity contribution in [3.63, 3.8) is 0 Å². The third-order valence-electron chi connectivity index (χ3n) is 1.95. The summed E-state index contributed by atoms with van der Waals surface area (Å²) in [4.78, 5) is 0. The minimum absolute atomic E-state index is 0.208. The fourth-order valence-electron chi connectivity index (χ4n) is 1.42. The Morgan fingerprint density at radius 2 is 2.00 bits per heavy atom. The molecule has 0 bridgehead atoms. The van der Waals surface area contributed by atoms with E-state index in [0.29, 0.717) is 0 Å². The monoisotopic (exact) mass is 185 g/mol. The van der Waals surface area contributed by atoms with Crippen molar-refractivity contribution in [2.24, 2.45) is 0 Å². The fraction of sp³-hybridized carbons (Fsp3) is 0.250. The molecule has 0 saturated carbocycles. The summed E-state index contributed by atoms with van der Waals surface area (Å²) in [5.74, 6) is 0.175. The first-order valence-corrected chi connectivity index (χ1v) is 5.48. The Morgan fingerprint density at radius 3 is 2.75 bits per heavy atom. The molecule has 2 rings (SSSR count). The van der Waals surface area contributed by atoms with Gasteiger partial charge in [0.15, 0.2) is 0 Å². The fourth-order valence-corrected chi connectivity index (χ4v) is 3.08. The first-order valence-electron chi connectivity index (χ1n) is 3.58. The van der Waals surface area contributed by atoms with Crippen LogP contribution in [0.2, 0.25) is 0 Å². The van der Waals surface area contributed by atoms with Gasteiger partial charge in [0.1, 0.15) is 5.82 Å². The van der Waals surface area contributed by atoms with Gasteiger partial charge in [-0.25, -0.2) is 8.60 Å². The van der Waals surface area contributed by atoms with E-state index in [4.69, 9.17) is 4.78 Å². The SMILES string of the molecule is N=S1(=O)Cc2ccc(F)cc2C1. The topological polar surface area (TPSA) is 40.9 Å². The Kier molecular flexibility index (Phi) is 1.48. The van der Waals surface area contributed by atoms with Crippen molar-refractivity contribution >= 4 is 9.73 Å². The summed E-state index contributed by atoms with van der Waals surface area (Å²) in [6.45, 7) is 0. The number of benzene rings is 1. The van der Waals surface area contributed by atoms with Crippen molar-refractivity contribution in [3.05, 3.63) is 35.1 Å². The van der Waals surface area contributed by atoms with Crippen LogP contribution >= 0.6 is 0 Å². The molecule has 0 spiro atoms. The summed E-state index contributed by atoms with van der Waals surface area (Å²) in [6, 6.07) is 4.34. The highest BCUT2D eigenvalue weighted by Gasteiger charge is 2.21. The first-order chi connectivity index (χ1) is 5.57. The van der Waals surface area contributed by atoms with Crippen LogP contribution in [0.4, 0.5) is 4.39 Å². The lowest BCUT2D eigenvalue weighted by molar-refractivity contribution is 0.626. The van der Waals surface area contributed by atoms with E-state index < -0.39 is 9.73 Å². The zero-order chi connectivity index (χ0) is 8.77. The zero-order valence-corrected chi connectivity index (χ0v) is 7.16. The molecule has 2 nitrogen and oxygen atoms in total. The molecule has 0 radical (unpaired) electrons. The van der Waals surface area contributed by atoms with Crippen molar-refractivity contribution in [2.75, 3.05) is 0 Å². The van der Waals surface area contributed by atoms with Crippen LogP contribution in [0.15, 0.2) is 18.2 Å². The number of nitrogens with one attached hydrogen (secondary N) is 1. The van der Waals surface area contributed by atoms with Gasteiger partial charge in [-0.1, -0.05) is 6.07 Å². The maximum atomic E-state index is 12.7. The first kappa shape index (κ1) is 7.73. The average Bonchev–Trinajstić information content (AvgIpc) is 2.21. The van der Waals surface area contributed by atoms with Gasteiger partial charge in [0.05, 0.1) is 21.2 Å². The van der Waals surface area contributed by atoms with E-state index in [0.717, 1.165) is 11.1 Å². The van der Waals surface area contributed by atoms with E-state index >= 15 is 0 Å². The van der Waals surface area contributed by atoms with Gasteiger partial charge in [-0.15, -0.1) is 0 Å². The lowest BCUT2D eigenvalue weighted by Crippen LogP contribution is -1.92. The number of hydrogen-bond donors (Lipinski definition) is 1. The number of fused-ring (bicyclic) bond motifs is 1.